The van der Waals surface area contributed by atoms with Crippen molar-refractivity contribution in [3.8, 4) is 0 Å². The van der Waals surface area contributed by atoms with Gasteiger partial charge >= 0.3 is 0 Å². The molecule has 0 fully saturated rings. The van der Waals surface area contributed by atoms with Crippen LogP contribution < -0.4 is 0 Å². The molecule has 1 aromatic rings. The van der Waals surface area contributed by atoms with Gasteiger partial charge in [-0.15, -0.1) is 0 Å². The third kappa shape index (κ3) is 4.60. The summed E-state index contributed by atoms with van der Waals surface area (Å²) >= 11 is 0. The Kier molecular flexibility index (Phi) is 5.83. The Morgan fingerprint density at radius 1 is 1.38 bits per heavy atom. The molecule has 1 N–H and O–H groups in total. The van der Waals surface area contributed by atoms with Gasteiger partial charge in [0.15, 0.2) is 0 Å². The summed E-state index contributed by atoms with van der Waals surface area (Å²) in [6.45, 7) is 2.68. The molecule has 88 valence electrons. The molecule has 0 aliphatic heterocycles. The molecule has 0 amide bonds. The highest BCUT2D eigenvalue weighted by Gasteiger charge is 2.02. The van der Waals surface area contributed by atoms with Gasteiger partial charge in [-0.25, -0.2) is 0 Å². The number of ether oxygens (including phenoxy) is 1. The molecule has 1 aromatic carbocycles. The van der Waals surface area contributed by atoms with E-state index >= 15 is 0 Å². The van der Waals surface area contributed by atoms with Crippen LogP contribution in [0.5, 0.6) is 0 Å². The quantitative estimate of drug-likeness (QED) is 0.747. The molecular weight excluding hydrogens is 200 g/mol. The zero-order valence-corrected chi connectivity index (χ0v) is 10.0. The van der Waals surface area contributed by atoms with E-state index in [1.165, 1.54) is 0 Å². The van der Waals surface area contributed by atoms with Gasteiger partial charge in [0, 0.05) is 13.5 Å². The zero-order valence-electron chi connectivity index (χ0n) is 10.0. The summed E-state index contributed by atoms with van der Waals surface area (Å²) in [5.41, 5.74) is 2.29. The minimum atomic E-state index is -0.391. The molecule has 0 heterocycles. The van der Waals surface area contributed by atoms with Crippen LogP contribution in [0.15, 0.2) is 36.4 Å². The van der Waals surface area contributed by atoms with E-state index in [1.807, 2.05) is 30.4 Å². The molecule has 0 unspecified atom stereocenters. The van der Waals surface area contributed by atoms with Crippen LogP contribution in [0.1, 0.15) is 24.5 Å². The van der Waals surface area contributed by atoms with Gasteiger partial charge in [0.1, 0.15) is 0 Å². The lowest BCUT2D eigenvalue weighted by molar-refractivity contribution is 0.184. The molecule has 0 saturated heterocycles. The third-order valence-corrected chi connectivity index (χ3v) is 2.34. The fraction of sp³-hybridized carbons (Fsp3) is 0.429. The number of hydrogen-bond acceptors (Lipinski definition) is 2. The maximum absolute atomic E-state index is 9.74. The van der Waals surface area contributed by atoms with Crippen LogP contribution in [0.25, 0.3) is 0 Å². The molecule has 0 saturated carbocycles. The van der Waals surface area contributed by atoms with E-state index in [0.717, 1.165) is 17.5 Å². The zero-order chi connectivity index (χ0) is 11.8. The first-order valence-electron chi connectivity index (χ1n) is 5.67. The van der Waals surface area contributed by atoms with E-state index in [4.69, 9.17) is 4.74 Å². The number of benzene rings is 1. The number of allylic oxidation sites excluding steroid dienone is 1. The highest BCUT2D eigenvalue weighted by molar-refractivity contribution is 5.24. The molecule has 0 aromatic heterocycles. The van der Waals surface area contributed by atoms with Crippen molar-refractivity contribution in [3.05, 3.63) is 47.5 Å². The second kappa shape index (κ2) is 7.20. The van der Waals surface area contributed by atoms with Crippen molar-refractivity contribution in [1.29, 1.82) is 0 Å². The van der Waals surface area contributed by atoms with Crippen molar-refractivity contribution in [2.45, 2.75) is 32.5 Å². The highest BCUT2D eigenvalue weighted by Crippen LogP contribution is 2.09. The summed E-state index contributed by atoms with van der Waals surface area (Å²) in [6, 6.07) is 8.13. The van der Waals surface area contributed by atoms with Crippen molar-refractivity contribution in [2.75, 3.05) is 7.11 Å². The first-order valence-corrected chi connectivity index (χ1v) is 5.67. The largest absolute Gasteiger partial charge is 0.389 e. The van der Waals surface area contributed by atoms with Crippen molar-refractivity contribution >= 4 is 0 Å². The molecule has 2 heteroatoms. The van der Waals surface area contributed by atoms with E-state index in [-0.39, 0.29) is 0 Å². The Labute approximate surface area is 97.6 Å². The Morgan fingerprint density at radius 3 is 2.81 bits per heavy atom. The molecule has 0 aliphatic rings. The Morgan fingerprint density at radius 2 is 2.12 bits per heavy atom. The SMILES string of the molecule is CC/C=C/[C@H](O)Cc1cccc(COC)c1. The molecule has 0 spiro atoms. The number of methoxy groups -OCH3 is 1. The lowest BCUT2D eigenvalue weighted by atomic mass is 10.0. The van der Waals surface area contributed by atoms with Crippen LogP contribution in [0.4, 0.5) is 0 Å². The molecule has 0 aliphatic carbocycles. The Balaban J connectivity index is 2.59. The second-order valence-electron chi connectivity index (χ2n) is 3.86. The van der Waals surface area contributed by atoms with Gasteiger partial charge in [0.25, 0.3) is 0 Å². The summed E-state index contributed by atoms with van der Waals surface area (Å²) < 4.78 is 5.08. The van der Waals surface area contributed by atoms with Crippen molar-refractivity contribution in [3.63, 3.8) is 0 Å². The van der Waals surface area contributed by atoms with Crippen LogP contribution in [0, 0.1) is 0 Å². The minimum Gasteiger partial charge on any atom is -0.389 e. The van der Waals surface area contributed by atoms with Crippen LogP contribution >= 0.6 is 0 Å². The average Bonchev–Trinajstić information content (AvgIpc) is 2.27. The summed E-state index contributed by atoms with van der Waals surface area (Å²) in [7, 11) is 1.69. The van der Waals surface area contributed by atoms with Gasteiger partial charge in [-0.1, -0.05) is 43.3 Å². The maximum atomic E-state index is 9.74. The number of aliphatic hydroxyl groups is 1. The number of aliphatic hydroxyl groups excluding tert-OH is 1. The highest BCUT2D eigenvalue weighted by atomic mass is 16.5. The van der Waals surface area contributed by atoms with Gasteiger partial charge in [0.2, 0.25) is 0 Å². The van der Waals surface area contributed by atoms with E-state index < -0.39 is 6.10 Å². The average molecular weight is 220 g/mol. The first-order chi connectivity index (χ1) is 7.76. The first kappa shape index (κ1) is 12.9. The number of rotatable bonds is 6. The Bertz CT molecular complexity index is 331. The summed E-state index contributed by atoms with van der Waals surface area (Å²) in [5.74, 6) is 0. The van der Waals surface area contributed by atoms with Crippen LogP contribution in [0.3, 0.4) is 0 Å². The predicted octanol–water partition coefficient (Wildman–Crippen LogP) is 2.70. The molecule has 1 atom stereocenters. The van der Waals surface area contributed by atoms with Crippen molar-refractivity contribution in [2.24, 2.45) is 0 Å². The molecule has 2 nitrogen and oxygen atoms in total. The van der Waals surface area contributed by atoms with Gasteiger partial charge in [-0.05, 0) is 17.5 Å². The van der Waals surface area contributed by atoms with E-state index in [0.29, 0.717) is 13.0 Å². The molecular formula is C14H20O2. The summed E-state index contributed by atoms with van der Waals surface area (Å²) in [5, 5.41) is 9.74. The Hall–Kier alpha value is -1.12. The fourth-order valence-electron chi connectivity index (χ4n) is 1.62. The third-order valence-electron chi connectivity index (χ3n) is 2.34. The van der Waals surface area contributed by atoms with E-state index in [1.54, 1.807) is 7.11 Å². The van der Waals surface area contributed by atoms with Crippen LogP contribution in [0.2, 0.25) is 0 Å². The minimum absolute atomic E-state index is 0.391. The van der Waals surface area contributed by atoms with Gasteiger partial charge in [0.05, 0.1) is 12.7 Å². The molecule has 16 heavy (non-hydrogen) atoms. The van der Waals surface area contributed by atoms with Crippen LogP contribution in [-0.4, -0.2) is 18.3 Å². The predicted molar refractivity (Wildman–Crippen MR) is 66.3 cm³/mol. The standard InChI is InChI=1S/C14H20O2/c1-3-4-8-14(15)10-12-6-5-7-13(9-12)11-16-2/h4-9,14-15H,3,10-11H2,1-2H3/b8-4+/t14-/m0/s1. The molecule has 1 rings (SSSR count). The lowest BCUT2D eigenvalue weighted by Crippen LogP contribution is -2.06. The van der Waals surface area contributed by atoms with E-state index in [9.17, 15) is 5.11 Å². The monoisotopic (exact) mass is 220 g/mol. The number of hydrogen-bond donors (Lipinski definition) is 1. The normalized spacial score (nSPS) is 13.2. The fourth-order valence-corrected chi connectivity index (χ4v) is 1.62. The summed E-state index contributed by atoms with van der Waals surface area (Å²) in [6.07, 6.45) is 5.07. The van der Waals surface area contributed by atoms with Gasteiger partial charge in [-0.2, -0.15) is 0 Å². The molecule has 0 radical (unpaired) electrons. The molecule has 0 bridgehead atoms. The van der Waals surface area contributed by atoms with Gasteiger partial charge in [-0.3, -0.25) is 0 Å². The maximum Gasteiger partial charge on any atom is 0.0761 e. The lowest BCUT2D eigenvalue weighted by Gasteiger charge is -2.07. The smallest absolute Gasteiger partial charge is 0.0761 e. The van der Waals surface area contributed by atoms with Crippen molar-refractivity contribution < 1.29 is 9.84 Å². The van der Waals surface area contributed by atoms with Gasteiger partial charge < -0.3 is 9.84 Å². The van der Waals surface area contributed by atoms with Crippen molar-refractivity contribution in [1.82, 2.24) is 0 Å². The second-order valence-corrected chi connectivity index (χ2v) is 3.86. The van der Waals surface area contributed by atoms with Crippen LogP contribution in [-0.2, 0) is 17.8 Å². The van der Waals surface area contributed by atoms with E-state index in [2.05, 4.69) is 13.0 Å². The summed E-state index contributed by atoms with van der Waals surface area (Å²) in [4.78, 5) is 0. The topological polar surface area (TPSA) is 29.5 Å².